The lowest BCUT2D eigenvalue weighted by Gasteiger charge is -2.13. The Hall–Kier alpha value is -2.88. The fourth-order valence-electron chi connectivity index (χ4n) is 3.08. The summed E-state index contributed by atoms with van der Waals surface area (Å²) in [7, 11) is 0. The Kier molecular flexibility index (Phi) is 7.55. The summed E-state index contributed by atoms with van der Waals surface area (Å²) in [5, 5.41) is 0.712. The van der Waals surface area contributed by atoms with Gasteiger partial charge in [-0.25, -0.2) is 14.6 Å². The van der Waals surface area contributed by atoms with Gasteiger partial charge in [-0.15, -0.1) is 0 Å². The van der Waals surface area contributed by atoms with E-state index in [0.29, 0.717) is 48.4 Å². The highest BCUT2D eigenvalue weighted by Gasteiger charge is 2.25. The maximum atomic E-state index is 12.6. The van der Waals surface area contributed by atoms with Crippen molar-refractivity contribution in [2.24, 2.45) is 4.99 Å². The number of nitrogens with zero attached hydrogens (tertiary/aromatic N) is 1. The number of aliphatic imine (C=N–C) groups is 1. The van der Waals surface area contributed by atoms with Gasteiger partial charge in [-0.05, 0) is 83.6 Å². The molecule has 3 aromatic rings. The highest BCUT2D eigenvalue weighted by molar-refractivity contribution is 14.1. The van der Waals surface area contributed by atoms with E-state index in [1.54, 1.807) is 60.7 Å². The molecule has 1 heterocycles. The van der Waals surface area contributed by atoms with Crippen LogP contribution in [0.4, 0.5) is 0 Å². The van der Waals surface area contributed by atoms with E-state index in [0.717, 1.165) is 0 Å². The molecule has 0 saturated heterocycles. The molecule has 3 aromatic carbocycles. The van der Waals surface area contributed by atoms with Gasteiger partial charge >= 0.3 is 11.9 Å². The molecule has 0 amide bonds. The summed E-state index contributed by atoms with van der Waals surface area (Å²) >= 11 is 14.1. The van der Waals surface area contributed by atoms with Gasteiger partial charge in [0.1, 0.15) is 0 Å². The van der Waals surface area contributed by atoms with Crippen LogP contribution in [0.15, 0.2) is 71.4 Å². The number of ether oxygens (including phenoxy) is 3. The summed E-state index contributed by atoms with van der Waals surface area (Å²) in [5.41, 5.74) is 1.68. The summed E-state index contributed by atoms with van der Waals surface area (Å²) in [4.78, 5) is 29.3. The number of hydrogen-bond acceptors (Lipinski definition) is 6. The minimum absolute atomic E-state index is 0.105. The van der Waals surface area contributed by atoms with Crippen LogP contribution in [0, 0.1) is 3.57 Å². The summed E-state index contributed by atoms with van der Waals surface area (Å²) in [5.74, 6) is -0.310. The largest absolute Gasteiger partial charge is 0.490 e. The number of cyclic esters (lactones) is 1. The Morgan fingerprint density at radius 1 is 1.09 bits per heavy atom. The van der Waals surface area contributed by atoms with Crippen LogP contribution in [0.2, 0.25) is 10.0 Å². The average molecular weight is 608 g/mol. The second kappa shape index (κ2) is 10.6. The minimum atomic E-state index is -0.603. The van der Waals surface area contributed by atoms with Crippen molar-refractivity contribution < 1.29 is 23.8 Å². The zero-order chi connectivity index (χ0) is 24.2. The number of benzene rings is 3. The van der Waals surface area contributed by atoms with Crippen molar-refractivity contribution in [2.75, 3.05) is 6.61 Å². The molecule has 4 rings (SSSR count). The summed E-state index contributed by atoms with van der Waals surface area (Å²) in [6.07, 6.45) is 1.57. The highest BCUT2D eigenvalue weighted by Crippen LogP contribution is 2.36. The van der Waals surface area contributed by atoms with Gasteiger partial charge in [0.05, 0.1) is 25.8 Å². The van der Waals surface area contributed by atoms with Crippen LogP contribution in [-0.2, 0) is 9.53 Å². The number of rotatable bonds is 6. The second-order valence-electron chi connectivity index (χ2n) is 6.98. The monoisotopic (exact) mass is 607 g/mol. The van der Waals surface area contributed by atoms with Crippen LogP contribution >= 0.6 is 45.8 Å². The lowest BCUT2D eigenvalue weighted by molar-refractivity contribution is -0.129. The van der Waals surface area contributed by atoms with Crippen LogP contribution in [-0.4, -0.2) is 24.4 Å². The van der Waals surface area contributed by atoms with Gasteiger partial charge in [0.2, 0.25) is 5.90 Å². The van der Waals surface area contributed by atoms with Crippen LogP contribution in [0.25, 0.3) is 6.08 Å². The molecule has 9 heteroatoms. The Balaban J connectivity index is 1.65. The van der Waals surface area contributed by atoms with E-state index in [2.05, 4.69) is 27.6 Å². The number of hydrogen-bond donors (Lipinski definition) is 0. The molecule has 172 valence electrons. The quantitative estimate of drug-likeness (QED) is 0.137. The second-order valence-corrected chi connectivity index (χ2v) is 8.96. The zero-order valence-electron chi connectivity index (χ0n) is 17.7. The maximum Gasteiger partial charge on any atom is 0.363 e. The van der Waals surface area contributed by atoms with Crippen LogP contribution in [0.5, 0.6) is 11.5 Å². The fourth-order valence-corrected chi connectivity index (χ4v) is 4.11. The molecule has 0 unspecified atom stereocenters. The maximum absolute atomic E-state index is 12.6. The number of halogens is 3. The SMILES string of the molecule is CCOc1cc(/C=C2\N=C(c3ccc(Cl)c(Cl)c3)OC2=O)cc(I)c1OC(=O)c1ccccc1. The predicted molar refractivity (Wildman–Crippen MR) is 139 cm³/mol. The van der Waals surface area contributed by atoms with E-state index in [-0.39, 0.29) is 11.6 Å². The van der Waals surface area contributed by atoms with E-state index < -0.39 is 11.9 Å². The predicted octanol–water partition coefficient (Wildman–Crippen LogP) is 6.56. The Labute approximate surface area is 219 Å². The van der Waals surface area contributed by atoms with Crippen molar-refractivity contribution in [3.8, 4) is 11.5 Å². The van der Waals surface area contributed by atoms with E-state index in [4.69, 9.17) is 37.4 Å². The smallest absolute Gasteiger partial charge is 0.363 e. The van der Waals surface area contributed by atoms with Crippen LogP contribution in [0.3, 0.4) is 0 Å². The molecule has 6 nitrogen and oxygen atoms in total. The molecular formula is C25H16Cl2INO5. The molecule has 0 bridgehead atoms. The van der Waals surface area contributed by atoms with Gasteiger partial charge in [-0.1, -0.05) is 41.4 Å². The minimum Gasteiger partial charge on any atom is -0.490 e. The molecule has 0 saturated carbocycles. The third kappa shape index (κ3) is 5.43. The summed E-state index contributed by atoms with van der Waals surface area (Å²) < 4.78 is 17.3. The zero-order valence-corrected chi connectivity index (χ0v) is 21.3. The number of carbonyl (C=O) groups is 2. The molecule has 1 aliphatic rings. The molecule has 0 radical (unpaired) electrons. The van der Waals surface area contributed by atoms with Gasteiger partial charge in [0.15, 0.2) is 17.2 Å². The fraction of sp³-hybridized carbons (Fsp3) is 0.0800. The Morgan fingerprint density at radius 3 is 2.56 bits per heavy atom. The van der Waals surface area contributed by atoms with Crippen LogP contribution in [0.1, 0.15) is 28.4 Å². The Morgan fingerprint density at radius 2 is 1.85 bits per heavy atom. The first-order valence-corrected chi connectivity index (χ1v) is 11.9. The standard InChI is InChI=1S/C25H16Cl2INO5/c1-2-32-21-12-14(10-19(28)22(21)33-24(30)15-6-4-3-5-7-15)11-20-25(31)34-23(29-20)16-8-9-17(26)18(27)13-16/h3-13H,2H2,1H3/b20-11-. The van der Waals surface area contributed by atoms with Crippen molar-refractivity contribution in [1.29, 1.82) is 0 Å². The van der Waals surface area contributed by atoms with Crippen molar-refractivity contribution >= 4 is 69.7 Å². The van der Waals surface area contributed by atoms with Gasteiger partial charge in [-0.2, -0.15) is 0 Å². The van der Waals surface area contributed by atoms with Crippen molar-refractivity contribution in [2.45, 2.75) is 6.92 Å². The number of esters is 2. The molecule has 0 aromatic heterocycles. The van der Waals surface area contributed by atoms with Gasteiger partial charge in [-0.3, -0.25) is 0 Å². The summed E-state index contributed by atoms with van der Waals surface area (Å²) in [6.45, 7) is 2.18. The summed E-state index contributed by atoms with van der Waals surface area (Å²) in [6, 6.07) is 16.9. The van der Waals surface area contributed by atoms with E-state index in [9.17, 15) is 9.59 Å². The molecule has 34 heavy (non-hydrogen) atoms. The Bertz CT molecular complexity index is 1340. The van der Waals surface area contributed by atoms with Gasteiger partial charge in [0, 0.05) is 5.56 Å². The first-order valence-electron chi connectivity index (χ1n) is 10.1. The van der Waals surface area contributed by atoms with E-state index in [1.807, 2.05) is 13.0 Å². The topological polar surface area (TPSA) is 74.2 Å². The van der Waals surface area contributed by atoms with E-state index >= 15 is 0 Å². The number of carbonyl (C=O) groups excluding carboxylic acids is 2. The van der Waals surface area contributed by atoms with Crippen molar-refractivity contribution in [1.82, 2.24) is 0 Å². The lowest BCUT2D eigenvalue weighted by Crippen LogP contribution is -2.10. The van der Waals surface area contributed by atoms with Crippen LogP contribution < -0.4 is 9.47 Å². The molecule has 0 atom stereocenters. The lowest BCUT2D eigenvalue weighted by atomic mass is 10.1. The molecule has 1 aliphatic heterocycles. The molecule has 0 spiro atoms. The van der Waals surface area contributed by atoms with Crippen molar-refractivity contribution in [3.63, 3.8) is 0 Å². The third-order valence-corrected chi connectivity index (χ3v) is 6.17. The molecular weight excluding hydrogens is 592 g/mol. The first-order chi connectivity index (χ1) is 16.4. The third-order valence-electron chi connectivity index (χ3n) is 4.63. The van der Waals surface area contributed by atoms with Crippen molar-refractivity contribution in [3.05, 3.63) is 96.7 Å². The highest BCUT2D eigenvalue weighted by atomic mass is 127. The molecule has 0 aliphatic carbocycles. The van der Waals surface area contributed by atoms with Gasteiger partial charge in [0.25, 0.3) is 0 Å². The molecule has 0 N–H and O–H groups in total. The normalized spacial score (nSPS) is 14.1. The van der Waals surface area contributed by atoms with Gasteiger partial charge < -0.3 is 14.2 Å². The first kappa shape index (κ1) is 24.3. The molecule has 0 fully saturated rings. The average Bonchev–Trinajstić information content (AvgIpc) is 3.18. The van der Waals surface area contributed by atoms with E-state index in [1.165, 1.54) is 0 Å².